The second kappa shape index (κ2) is 5.58. The summed E-state index contributed by atoms with van der Waals surface area (Å²) in [5.41, 5.74) is 4.78. The van der Waals surface area contributed by atoms with Crippen molar-refractivity contribution in [3.8, 4) is 6.07 Å². The van der Waals surface area contributed by atoms with Gasteiger partial charge in [-0.05, 0) is 24.6 Å². The third-order valence-electron chi connectivity index (χ3n) is 2.59. The number of rotatable bonds is 4. The first-order chi connectivity index (χ1) is 8.29. The maximum absolute atomic E-state index is 8.70. The van der Waals surface area contributed by atoms with Gasteiger partial charge in [-0.25, -0.2) is 4.98 Å². The van der Waals surface area contributed by atoms with E-state index in [1.807, 2.05) is 29.8 Å². The molecule has 0 aliphatic heterocycles. The number of aromatic nitrogens is 1. The highest BCUT2D eigenvalue weighted by Crippen LogP contribution is 2.13. The Morgan fingerprint density at radius 2 is 2.18 bits per heavy atom. The monoisotopic (exact) mass is 243 g/mol. The van der Waals surface area contributed by atoms with Crippen LogP contribution in [0.5, 0.6) is 0 Å². The second-order valence-corrected chi connectivity index (χ2v) is 4.54. The zero-order valence-corrected chi connectivity index (χ0v) is 10.4. The van der Waals surface area contributed by atoms with Crippen LogP contribution in [0.3, 0.4) is 0 Å². The molecule has 17 heavy (non-hydrogen) atoms. The molecular formula is C13H13N3S. The summed E-state index contributed by atoms with van der Waals surface area (Å²) in [6, 6.07) is 9.98. The average molecular weight is 243 g/mol. The number of benzene rings is 1. The molecule has 1 heterocycles. The standard InChI is InChI=1S/C13H13N3S/c1-10(13-8-17-9-16-13)15-7-12-4-2-11(6-14)3-5-12/h2-5,8-10,15H,7H2,1H3. The maximum Gasteiger partial charge on any atom is 0.0991 e. The summed E-state index contributed by atoms with van der Waals surface area (Å²) in [5.74, 6) is 0. The van der Waals surface area contributed by atoms with E-state index >= 15 is 0 Å². The molecule has 0 fully saturated rings. The summed E-state index contributed by atoms with van der Waals surface area (Å²) < 4.78 is 0. The van der Waals surface area contributed by atoms with Gasteiger partial charge in [0, 0.05) is 18.0 Å². The predicted molar refractivity (Wildman–Crippen MR) is 68.5 cm³/mol. The average Bonchev–Trinajstić information content (AvgIpc) is 2.90. The highest BCUT2D eigenvalue weighted by Gasteiger charge is 2.06. The Morgan fingerprint density at radius 1 is 1.41 bits per heavy atom. The molecule has 0 saturated heterocycles. The van der Waals surface area contributed by atoms with E-state index in [9.17, 15) is 0 Å². The van der Waals surface area contributed by atoms with Gasteiger partial charge in [0.15, 0.2) is 0 Å². The summed E-state index contributed by atoms with van der Waals surface area (Å²) >= 11 is 1.61. The lowest BCUT2D eigenvalue weighted by molar-refractivity contribution is 0.564. The fourth-order valence-corrected chi connectivity index (χ4v) is 2.16. The molecule has 0 aliphatic rings. The van der Waals surface area contributed by atoms with Crippen molar-refractivity contribution in [1.82, 2.24) is 10.3 Å². The zero-order chi connectivity index (χ0) is 12.1. The first-order valence-electron chi connectivity index (χ1n) is 5.40. The Hall–Kier alpha value is -1.70. The van der Waals surface area contributed by atoms with Crippen molar-refractivity contribution in [2.24, 2.45) is 0 Å². The van der Waals surface area contributed by atoms with E-state index in [4.69, 9.17) is 5.26 Å². The number of nitrogens with zero attached hydrogens (tertiary/aromatic N) is 2. The lowest BCUT2D eigenvalue weighted by Crippen LogP contribution is -2.18. The predicted octanol–water partition coefficient (Wildman–Crippen LogP) is 2.87. The largest absolute Gasteiger partial charge is 0.305 e. The molecule has 1 aromatic carbocycles. The molecule has 0 radical (unpaired) electrons. The van der Waals surface area contributed by atoms with Crippen molar-refractivity contribution in [2.45, 2.75) is 19.5 Å². The highest BCUT2D eigenvalue weighted by atomic mass is 32.1. The molecule has 1 N–H and O–H groups in total. The highest BCUT2D eigenvalue weighted by molar-refractivity contribution is 7.07. The molecule has 0 amide bonds. The molecule has 2 rings (SSSR count). The summed E-state index contributed by atoms with van der Waals surface area (Å²) in [4.78, 5) is 4.27. The first-order valence-corrected chi connectivity index (χ1v) is 6.34. The van der Waals surface area contributed by atoms with Gasteiger partial charge in [0.2, 0.25) is 0 Å². The van der Waals surface area contributed by atoms with Gasteiger partial charge in [-0.2, -0.15) is 5.26 Å². The number of hydrogen-bond donors (Lipinski definition) is 1. The van der Waals surface area contributed by atoms with Gasteiger partial charge in [0.25, 0.3) is 0 Å². The van der Waals surface area contributed by atoms with Crippen molar-refractivity contribution >= 4 is 11.3 Å². The van der Waals surface area contributed by atoms with E-state index in [-0.39, 0.29) is 6.04 Å². The smallest absolute Gasteiger partial charge is 0.0991 e. The van der Waals surface area contributed by atoms with Crippen LogP contribution in [0.25, 0.3) is 0 Å². The third kappa shape index (κ3) is 3.13. The van der Waals surface area contributed by atoms with Crippen molar-refractivity contribution in [3.05, 3.63) is 52.0 Å². The van der Waals surface area contributed by atoms with E-state index in [1.54, 1.807) is 11.3 Å². The molecule has 0 bridgehead atoms. The van der Waals surface area contributed by atoms with Gasteiger partial charge in [-0.3, -0.25) is 0 Å². The Kier molecular flexibility index (Phi) is 3.86. The minimum atomic E-state index is 0.247. The lowest BCUT2D eigenvalue weighted by Gasteiger charge is -2.11. The van der Waals surface area contributed by atoms with Crippen LogP contribution in [0.1, 0.15) is 29.8 Å². The third-order valence-corrected chi connectivity index (χ3v) is 3.20. The fraction of sp³-hybridized carbons (Fsp3) is 0.231. The normalized spacial score (nSPS) is 12.0. The minimum Gasteiger partial charge on any atom is -0.305 e. The Morgan fingerprint density at radius 3 is 2.76 bits per heavy atom. The first kappa shape index (κ1) is 11.8. The summed E-state index contributed by atoms with van der Waals surface area (Å²) in [6.45, 7) is 2.88. The quantitative estimate of drug-likeness (QED) is 0.898. The van der Waals surface area contributed by atoms with Crippen LogP contribution in [-0.2, 0) is 6.54 Å². The van der Waals surface area contributed by atoms with Crippen LogP contribution >= 0.6 is 11.3 Å². The van der Waals surface area contributed by atoms with Gasteiger partial charge in [0.05, 0.1) is 22.8 Å². The van der Waals surface area contributed by atoms with Crippen LogP contribution in [0.4, 0.5) is 0 Å². The molecule has 0 saturated carbocycles. The number of thiazole rings is 1. The molecular weight excluding hydrogens is 230 g/mol. The molecule has 3 nitrogen and oxygen atoms in total. The van der Waals surface area contributed by atoms with Gasteiger partial charge < -0.3 is 5.32 Å². The Balaban J connectivity index is 1.91. The molecule has 1 unspecified atom stereocenters. The van der Waals surface area contributed by atoms with Gasteiger partial charge >= 0.3 is 0 Å². The molecule has 86 valence electrons. The van der Waals surface area contributed by atoms with E-state index < -0.39 is 0 Å². The summed E-state index contributed by atoms with van der Waals surface area (Å²) in [7, 11) is 0. The Labute approximate surface area is 105 Å². The van der Waals surface area contributed by atoms with E-state index in [2.05, 4.69) is 28.7 Å². The lowest BCUT2D eigenvalue weighted by atomic mass is 10.1. The zero-order valence-electron chi connectivity index (χ0n) is 9.55. The van der Waals surface area contributed by atoms with Crippen molar-refractivity contribution in [3.63, 3.8) is 0 Å². The SMILES string of the molecule is CC(NCc1ccc(C#N)cc1)c1cscn1. The fourth-order valence-electron chi connectivity index (χ4n) is 1.51. The second-order valence-electron chi connectivity index (χ2n) is 3.82. The van der Waals surface area contributed by atoms with E-state index in [0.29, 0.717) is 5.56 Å². The number of nitriles is 1. The minimum absolute atomic E-state index is 0.247. The molecule has 2 aromatic rings. The van der Waals surface area contributed by atoms with Crippen LogP contribution in [0, 0.1) is 11.3 Å². The van der Waals surface area contributed by atoms with Crippen LogP contribution < -0.4 is 5.32 Å². The Bertz CT molecular complexity index is 496. The van der Waals surface area contributed by atoms with Crippen molar-refractivity contribution < 1.29 is 0 Å². The van der Waals surface area contributed by atoms with Crippen molar-refractivity contribution in [2.75, 3.05) is 0 Å². The summed E-state index contributed by atoms with van der Waals surface area (Å²) in [6.07, 6.45) is 0. The van der Waals surface area contributed by atoms with Gasteiger partial charge in [0.1, 0.15) is 0 Å². The summed E-state index contributed by atoms with van der Waals surface area (Å²) in [5, 5.41) is 14.2. The van der Waals surface area contributed by atoms with Crippen LogP contribution in [0.2, 0.25) is 0 Å². The molecule has 1 aromatic heterocycles. The number of nitrogens with one attached hydrogen (secondary N) is 1. The van der Waals surface area contributed by atoms with Crippen LogP contribution in [0.15, 0.2) is 35.2 Å². The van der Waals surface area contributed by atoms with Crippen LogP contribution in [-0.4, -0.2) is 4.98 Å². The molecule has 0 aliphatic carbocycles. The van der Waals surface area contributed by atoms with E-state index in [1.165, 1.54) is 5.56 Å². The van der Waals surface area contributed by atoms with Gasteiger partial charge in [-0.15, -0.1) is 11.3 Å². The maximum atomic E-state index is 8.70. The molecule has 1 atom stereocenters. The van der Waals surface area contributed by atoms with Gasteiger partial charge in [-0.1, -0.05) is 12.1 Å². The topological polar surface area (TPSA) is 48.7 Å². The van der Waals surface area contributed by atoms with E-state index in [0.717, 1.165) is 12.2 Å². The molecule has 4 heteroatoms. The van der Waals surface area contributed by atoms with Crippen molar-refractivity contribution in [1.29, 1.82) is 5.26 Å². The number of hydrogen-bond acceptors (Lipinski definition) is 4. The molecule has 0 spiro atoms.